The molecule has 1 atom stereocenters. The summed E-state index contributed by atoms with van der Waals surface area (Å²) in [5, 5.41) is 3.63. The van der Waals surface area contributed by atoms with Gasteiger partial charge >= 0.3 is 0 Å². The average Bonchev–Trinajstić information content (AvgIpc) is 2.73. The van der Waals surface area contributed by atoms with Gasteiger partial charge in [-0.3, -0.25) is 4.79 Å². The fourth-order valence-corrected chi connectivity index (χ4v) is 4.22. The molecule has 0 saturated carbocycles. The SMILES string of the molecule is Cc1cccc(NC(=O)c2c(N)sc3c2CC[C@@H](C)C3)c1. The van der Waals surface area contributed by atoms with E-state index in [2.05, 4.69) is 12.2 Å². The van der Waals surface area contributed by atoms with E-state index in [1.54, 1.807) is 11.3 Å². The first kappa shape index (κ1) is 14.1. The van der Waals surface area contributed by atoms with Crippen LogP contribution in [0.1, 0.15) is 39.7 Å². The highest BCUT2D eigenvalue weighted by atomic mass is 32.1. The van der Waals surface area contributed by atoms with Crippen LogP contribution in [-0.4, -0.2) is 5.91 Å². The predicted molar refractivity (Wildman–Crippen MR) is 89.1 cm³/mol. The molecule has 0 spiro atoms. The number of nitrogens with one attached hydrogen (secondary N) is 1. The minimum atomic E-state index is -0.0786. The van der Waals surface area contributed by atoms with Crippen molar-refractivity contribution in [1.29, 1.82) is 0 Å². The van der Waals surface area contributed by atoms with Crippen molar-refractivity contribution in [1.82, 2.24) is 0 Å². The topological polar surface area (TPSA) is 55.1 Å². The number of nitrogen functional groups attached to an aromatic ring is 1. The smallest absolute Gasteiger partial charge is 0.258 e. The molecule has 3 N–H and O–H groups in total. The van der Waals surface area contributed by atoms with Crippen LogP contribution >= 0.6 is 11.3 Å². The molecule has 0 saturated heterocycles. The highest BCUT2D eigenvalue weighted by Crippen LogP contribution is 2.38. The highest BCUT2D eigenvalue weighted by molar-refractivity contribution is 7.16. The van der Waals surface area contributed by atoms with E-state index in [0.717, 1.165) is 30.5 Å². The van der Waals surface area contributed by atoms with Crippen LogP contribution in [0.25, 0.3) is 0 Å². The molecule has 0 unspecified atom stereocenters. The first-order valence-corrected chi connectivity index (χ1v) is 8.14. The van der Waals surface area contributed by atoms with Gasteiger partial charge in [-0.25, -0.2) is 0 Å². The fourth-order valence-electron chi connectivity index (χ4n) is 2.94. The van der Waals surface area contributed by atoms with Crippen LogP contribution < -0.4 is 11.1 Å². The minimum absolute atomic E-state index is 0.0786. The largest absolute Gasteiger partial charge is 0.390 e. The van der Waals surface area contributed by atoms with Crippen molar-refractivity contribution in [2.75, 3.05) is 11.1 Å². The molecule has 1 aromatic heterocycles. The van der Waals surface area contributed by atoms with E-state index in [1.807, 2.05) is 31.2 Å². The van der Waals surface area contributed by atoms with E-state index in [1.165, 1.54) is 10.4 Å². The lowest BCUT2D eigenvalue weighted by Crippen LogP contribution is -2.17. The van der Waals surface area contributed by atoms with Crippen molar-refractivity contribution in [2.24, 2.45) is 5.92 Å². The molecule has 1 amide bonds. The molecule has 2 aromatic rings. The maximum atomic E-state index is 12.6. The van der Waals surface area contributed by atoms with E-state index >= 15 is 0 Å². The first-order chi connectivity index (χ1) is 10.0. The van der Waals surface area contributed by atoms with Gasteiger partial charge in [-0.1, -0.05) is 19.1 Å². The highest BCUT2D eigenvalue weighted by Gasteiger charge is 2.26. The molecule has 1 aliphatic carbocycles. The summed E-state index contributed by atoms with van der Waals surface area (Å²) in [6.07, 6.45) is 3.14. The number of anilines is 2. The van der Waals surface area contributed by atoms with Crippen LogP contribution in [0.2, 0.25) is 0 Å². The second kappa shape index (κ2) is 5.53. The summed E-state index contributed by atoms with van der Waals surface area (Å²) >= 11 is 1.58. The molecule has 110 valence electrons. The summed E-state index contributed by atoms with van der Waals surface area (Å²) in [5.41, 5.74) is 9.92. The number of thiophene rings is 1. The zero-order chi connectivity index (χ0) is 15.0. The summed E-state index contributed by atoms with van der Waals surface area (Å²) < 4.78 is 0. The number of nitrogens with two attached hydrogens (primary N) is 1. The van der Waals surface area contributed by atoms with Gasteiger partial charge in [-0.2, -0.15) is 0 Å². The Bertz CT molecular complexity index is 690. The third kappa shape index (κ3) is 2.81. The Morgan fingerprint density at radius 2 is 2.24 bits per heavy atom. The van der Waals surface area contributed by atoms with E-state index < -0.39 is 0 Å². The number of carbonyl (C=O) groups excluding carboxylic acids is 1. The molecule has 1 heterocycles. The second-order valence-corrected chi connectivity index (χ2v) is 7.05. The molecule has 0 aliphatic heterocycles. The Kier molecular flexibility index (Phi) is 3.72. The Morgan fingerprint density at radius 3 is 3.00 bits per heavy atom. The van der Waals surface area contributed by atoms with Gasteiger partial charge in [-0.15, -0.1) is 11.3 Å². The van der Waals surface area contributed by atoms with E-state index in [-0.39, 0.29) is 5.91 Å². The van der Waals surface area contributed by atoms with Crippen LogP contribution in [-0.2, 0) is 12.8 Å². The molecule has 1 aromatic carbocycles. The van der Waals surface area contributed by atoms with Crippen molar-refractivity contribution in [3.63, 3.8) is 0 Å². The monoisotopic (exact) mass is 300 g/mol. The van der Waals surface area contributed by atoms with Crippen molar-refractivity contribution >= 4 is 27.9 Å². The van der Waals surface area contributed by atoms with Crippen molar-refractivity contribution in [2.45, 2.75) is 33.1 Å². The molecule has 21 heavy (non-hydrogen) atoms. The van der Waals surface area contributed by atoms with Crippen LogP contribution in [0.5, 0.6) is 0 Å². The summed E-state index contributed by atoms with van der Waals surface area (Å²) in [6.45, 7) is 4.27. The van der Waals surface area contributed by atoms with Gasteiger partial charge in [0, 0.05) is 10.6 Å². The molecular weight excluding hydrogens is 280 g/mol. The number of amides is 1. The van der Waals surface area contributed by atoms with Gasteiger partial charge in [0.25, 0.3) is 5.91 Å². The molecular formula is C17H20N2OS. The maximum Gasteiger partial charge on any atom is 0.258 e. The first-order valence-electron chi connectivity index (χ1n) is 7.32. The van der Waals surface area contributed by atoms with Crippen molar-refractivity contribution < 1.29 is 4.79 Å². The summed E-state index contributed by atoms with van der Waals surface area (Å²) in [5.74, 6) is 0.605. The van der Waals surface area contributed by atoms with Crippen molar-refractivity contribution in [3.05, 3.63) is 45.8 Å². The number of carbonyl (C=O) groups is 1. The summed E-state index contributed by atoms with van der Waals surface area (Å²) in [7, 11) is 0. The lowest BCUT2D eigenvalue weighted by Gasteiger charge is -2.18. The van der Waals surface area contributed by atoms with E-state index in [0.29, 0.717) is 16.5 Å². The van der Waals surface area contributed by atoms with Crippen LogP contribution in [0.4, 0.5) is 10.7 Å². The van der Waals surface area contributed by atoms with Gasteiger partial charge in [0.05, 0.1) is 10.6 Å². The molecule has 0 fully saturated rings. The summed E-state index contributed by atoms with van der Waals surface area (Å²) in [6, 6.07) is 7.83. The Labute approximate surface area is 129 Å². The molecule has 1 aliphatic rings. The number of hydrogen-bond acceptors (Lipinski definition) is 3. The van der Waals surface area contributed by atoms with Gasteiger partial charge in [0.2, 0.25) is 0 Å². The quantitative estimate of drug-likeness (QED) is 0.880. The number of hydrogen-bond donors (Lipinski definition) is 2. The third-order valence-electron chi connectivity index (χ3n) is 4.04. The zero-order valence-corrected chi connectivity index (χ0v) is 13.2. The van der Waals surface area contributed by atoms with Gasteiger partial charge in [0.1, 0.15) is 0 Å². The third-order valence-corrected chi connectivity index (χ3v) is 5.13. The van der Waals surface area contributed by atoms with Crippen LogP contribution in [0.15, 0.2) is 24.3 Å². The maximum absolute atomic E-state index is 12.6. The average molecular weight is 300 g/mol. The van der Waals surface area contributed by atoms with E-state index in [4.69, 9.17) is 5.73 Å². The number of fused-ring (bicyclic) bond motifs is 1. The Morgan fingerprint density at radius 1 is 1.43 bits per heavy atom. The summed E-state index contributed by atoms with van der Waals surface area (Å²) in [4.78, 5) is 13.9. The Hall–Kier alpha value is -1.81. The molecule has 0 bridgehead atoms. The number of rotatable bonds is 2. The lowest BCUT2D eigenvalue weighted by molar-refractivity contribution is 0.102. The standard InChI is InChI=1S/C17H20N2OS/c1-10-4-3-5-12(8-10)19-17(20)15-13-7-6-11(2)9-14(13)21-16(15)18/h3-5,8,11H,6-7,9,18H2,1-2H3,(H,19,20)/t11-/m1/s1. The number of aryl methyl sites for hydroxylation is 1. The fraction of sp³-hybridized carbons (Fsp3) is 0.353. The predicted octanol–water partition coefficient (Wildman–Crippen LogP) is 4.02. The van der Waals surface area contributed by atoms with Crippen molar-refractivity contribution in [3.8, 4) is 0 Å². The molecule has 4 heteroatoms. The normalized spacial score (nSPS) is 17.3. The van der Waals surface area contributed by atoms with Gasteiger partial charge in [0.15, 0.2) is 0 Å². The lowest BCUT2D eigenvalue weighted by atomic mass is 9.88. The second-order valence-electron chi connectivity index (χ2n) is 5.91. The minimum Gasteiger partial charge on any atom is -0.390 e. The molecule has 3 nitrogen and oxygen atoms in total. The van der Waals surface area contributed by atoms with E-state index in [9.17, 15) is 4.79 Å². The van der Waals surface area contributed by atoms with Crippen LogP contribution in [0.3, 0.4) is 0 Å². The molecule has 0 radical (unpaired) electrons. The zero-order valence-electron chi connectivity index (χ0n) is 12.4. The van der Waals surface area contributed by atoms with Gasteiger partial charge in [-0.05, 0) is 55.4 Å². The number of benzene rings is 1. The van der Waals surface area contributed by atoms with Gasteiger partial charge < -0.3 is 11.1 Å². The molecule has 3 rings (SSSR count). The van der Waals surface area contributed by atoms with Crippen LogP contribution in [0, 0.1) is 12.8 Å². The Balaban J connectivity index is 1.88.